The van der Waals surface area contributed by atoms with Crippen LogP contribution < -0.4 is 10.6 Å². The zero-order valence-corrected chi connectivity index (χ0v) is 34.5. The number of halogens is 7. The monoisotopic (exact) mass is 890 g/mol. The van der Waals surface area contributed by atoms with E-state index in [1.165, 1.54) is 31.3 Å². The predicted molar refractivity (Wildman–Crippen MR) is 209 cm³/mol. The molecular weight excluding hydrogens is 859 g/mol. The summed E-state index contributed by atoms with van der Waals surface area (Å²) in [6.45, 7) is 6.44. The molecule has 0 saturated carbocycles. The van der Waals surface area contributed by atoms with Crippen LogP contribution in [-0.2, 0) is 41.9 Å². The Morgan fingerprint density at radius 3 is 1.68 bits per heavy atom. The van der Waals surface area contributed by atoms with E-state index in [4.69, 9.17) is 23.2 Å². The molecule has 2 amide bonds. The smallest absolute Gasteiger partial charge is 0.309 e. The van der Waals surface area contributed by atoms with Gasteiger partial charge in [0.1, 0.15) is 36.7 Å². The van der Waals surface area contributed by atoms with Crippen molar-refractivity contribution >= 4 is 77.0 Å². The maximum absolute atomic E-state index is 14.3. The Labute approximate surface area is 339 Å². The Morgan fingerprint density at radius 1 is 0.737 bits per heavy atom. The molecule has 0 radical (unpaired) electrons. The van der Waals surface area contributed by atoms with Crippen molar-refractivity contribution in [2.24, 2.45) is 0 Å². The third-order valence-corrected chi connectivity index (χ3v) is 14.9. The van der Waals surface area contributed by atoms with Crippen molar-refractivity contribution in [2.75, 3.05) is 10.6 Å². The Balaban J connectivity index is 0.000000254. The minimum Gasteiger partial charge on any atom is -0.309 e. The lowest BCUT2D eigenvalue weighted by atomic mass is 10.1. The number of anilines is 2. The van der Waals surface area contributed by atoms with E-state index in [1.54, 1.807) is 0 Å². The number of hydrogen-bond donors (Lipinski definition) is 2. The van der Waals surface area contributed by atoms with E-state index in [0.717, 1.165) is 66.5 Å². The SMILES string of the molecule is CC(C)(C(=O)Nc1cc(C(F)(F)F)ccn1)S(=O)(=O)c1ccc(Cl)cc1F.CCc1sc(NC(=O)C(C)(C)S(=O)(=O)c2ccc(Cl)cc2F)nc1-c1ccccc1. The number of pyridine rings is 1. The molecule has 2 N–H and O–H groups in total. The molecule has 2 aromatic heterocycles. The number of carbonyl (C=O) groups is 2. The Bertz CT molecular complexity index is 2530. The van der Waals surface area contributed by atoms with Crippen LogP contribution >= 0.6 is 34.5 Å². The van der Waals surface area contributed by atoms with Gasteiger partial charge in [0.15, 0.2) is 24.8 Å². The molecule has 20 heteroatoms. The number of nitrogens with one attached hydrogen (secondary N) is 2. The van der Waals surface area contributed by atoms with Gasteiger partial charge in [0.2, 0.25) is 11.8 Å². The van der Waals surface area contributed by atoms with Crippen molar-refractivity contribution < 1.29 is 48.4 Å². The van der Waals surface area contributed by atoms with Gasteiger partial charge in [0, 0.05) is 26.7 Å². The number of carbonyl (C=O) groups excluding carboxylic acids is 2. The van der Waals surface area contributed by atoms with E-state index in [2.05, 4.69) is 15.3 Å². The van der Waals surface area contributed by atoms with Crippen molar-refractivity contribution in [1.29, 1.82) is 0 Å². The van der Waals surface area contributed by atoms with Gasteiger partial charge in [0.05, 0.1) is 11.3 Å². The van der Waals surface area contributed by atoms with Crippen LogP contribution in [0.15, 0.2) is 94.9 Å². The fourth-order valence-electron chi connectivity index (χ4n) is 4.84. The van der Waals surface area contributed by atoms with Crippen molar-refractivity contribution in [1.82, 2.24) is 9.97 Å². The number of benzene rings is 3. The lowest BCUT2D eigenvalue weighted by Gasteiger charge is -2.24. The van der Waals surface area contributed by atoms with Gasteiger partial charge in [-0.15, -0.1) is 11.3 Å². The quantitative estimate of drug-likeness (QED) is 0.132. The van der Waals surface area contributed by atoms with Gasteiger partial charge in [-0.1, -0.05) is 60.5 Å². The molecule has 0 atom stereocenters. The number of aromatic nitrogens is 2. The van der Waals surface area contributed by atoms with E-state index in [-0.39, 0.29) is 15.2 Å². The minimum absolute atomic E-state index is 0.0399. The molecule has 2 heterocycles. The van der Waals surface area contributed by atoms with Crippen LogP contribution in [0.25, 0.3) is 11.3 Å². The fraction of sp³-hybridized carbons (Fsp3) is 0.243. The van der Waals surface area contributed by atoms with Gasteiger partial charge in [-0.2, -0.15) is 13.2 Å². The Kier molecular flexibility index (Phi) is 13.6. The number of sulfone groups is 2. The lowest BCUT2D eigenvalue weighted by molar-refractivity contribution is -0.137. The summed E-state index contributed by atoms with van der Waals surface area (Å²) in [4.78, 5) is 33.0. The van der Waals surface area contributed by atoms with E-state index in [9.17, 15) is 48.4 Å². The molecule has 57 heavy (non-hydrogen) atoms. The van der Waals surface area contributed by atoms with Crippen LogP contribution in [0, 0.1) is 11.6 Å². The van der Waals surface area contributed by atoms with Crippen LogP contribution in [0.3, 0.4) is 0 Å². The van der Waals surface area contributed by atoms with Crippen LogP contribution in [0.1, 0.15) is 45.1 Å². The highest BCUT2D eigenvalue weighted by Crippen LogP contribution is 2.35. The Hall–Kier alpha value is -4.49. The zero-order valence-electron chi connectivity index (χ0n) is 30.5. The summed E-state index contributed by atoms with van der Waals surface area (Å²) in [5, 5.41) is 4.93. The summed E-state index contributed by atoms with van der Waals surface area (Å²) in [6, 6.07) is 16.8. The topological polar surface area (TPSA) is 152 Å². The summed E-state index contributed by atoms with van der Waals surface area (Å²) in [6.07, 6.45) is -3.15. The molecule has 10 nitrogen and oxygen atoms in total. The van der Waals surface area contributed by atoms with Crippen molar-refractivity contribution in [2.45, 2.75) is 66.5 Å². The maximum atomic E-state index is 14.3. The highest BCUT2D eigenvalue weighted by molar-refractivity contribution is 7.94. The summed E-state index contributed by atoms with van der Waals surface area (Å²) < 4.78 is 114. The minimum atomic E-state index is -4.67. The first-order valence-corrected chi connectivity index (χ1v) is 21.0. The molecule has 0 spiro atoms. The molecule has 0 aliphatic rings. The van der Waals surface area contributed by atoms with Crippen molar-refractivity contribution in [3.05, 3.63) is 117 Å². The molecule has 0 fully saturated rings. The van der Waals surface area contributed by atoms with Crippen LogP contribution in [-0.4, -0.2) is 48.1 Å². The van der Waals surface area contributed by atoms with Gasteiger partial charge in [-0.3, -0.25) is 9.59 Å². The lowest BCUT2D eigenvalue weighted by Crippen LogP contribution is -2.44. The summed E-state index contributed by atoms with van der Waals surface area (Å²) in [5.41, 5.74) is 0.571. The van der Waals surface area contributed by atoms with Gasteiger partial charge >= 0.3 is 6.18 Å². The summed E-state index contributed by atoms with van der Waals surface area (Å²) in [7, 11) is -8.87. The van der Waals surface area contributed by atoms with Crippen LogP contribution in [0.5, 0.6) is 0 Å². The van der Waals surface area contributed by atoms with Gasteiger partial charge in [0.25, 0.3) is 0 Å². The molecule has 3 aromatic carbocycles. The first-order valence-electron chi connectivity index (χ1n) is 16.4. The number of rotatable bonds is 10. The second-order valence-corrected chi connectivity index (χ2v) is 19.9. The third-order valence-electron chi connectivity index (χ3n) is 8.42. The number of thiazole rings is 1. The third kappa shape index (κ3) is 9.80. The predicted octanol–water partition coefficient (Wildman–Crippen LogP) is 9.44. The highest BCUT2D eigenvalue weighted by Gasteiger charge is 2.46. The number of amides is 2. The van der Waals surface area contributed by atoms with Gasteiger partial charge < -0.3 is 10.6 Å². The van der Waals surface area contributed by atoms with Crippen molar-refractivity contribution in [3.63, 3.8) is 0 Å². The second kappa shape index (κ2) is 17.2. The van der Waals surface area contributed by atoms with E-state index >= 15 is 0 Å². The van der Waals surface area contributed by atoms with Crippen LogP contribution in [0.2, 0.25) is 10.0 Å². The first kappa shape index (κ1) is 45.2. The molecule has 0 unspecified atom stereocenters. The first-order chi connectivity index (χ1) is 26.3. The molecule has 0 aliphatic carbocycles. The highest BCUT2D eigenvalue weighted by atomic mass is 35.5. The normalized spacial score (nSPS) is 12.4. The second-order valence-electron chi connectivity index (χ2n) is 13.0. The number of aryl methyl sites for hydroxylation is 1. The molecule has 5 aromatic rings. The van der Waals surface area contributed by atoms with E-state index in [0.29, 0.717) is 18.6 Å². The average Bonchev–Trinajstić information content (AvgIpc) is 3.54. The fourth-order valence-corrected chi connectivity index (χ4v) is 8.89. The average molecular weight is 892 g/mol. The molecule has 304 valence electrons. The standard InChI is InChI=1S/C21H20ClFN2O3S2.C16H13ClF4N2O3S/c1-4-16-18(13-8-6-5-7-9-13)24-20(29-16)25-19(26)21(2,3)30(27,28)17-11-10-14(22)12-15(17)23;1-15(2,27(25,26)12-4-3-10(17)8-11(12)18)14(24)23-13-7-9(5-6-22-13)16(19,20)21/h5-12H,4H2,1-3H3,(H,24,25,26);3-8H,1-2H3,(H,22,23,24). The number of hydrogen-bond acceptors (Lipinski definition) is 9. The largest absolute Gasteiger partial charge is 0.416 e. The Morgan fingerprint density at radius 2 is 1.23 bits per heavy atom. The molecule has 5 rings (SSSR count). The van der Waals surface area contributed by atoms with Gasteiger partial charge in [-0.05, 0) is 82.6 Å². The number of nitrogens with zero attached hydrogens (tertiary/aromatic N) is 2. The molecule has 0 bridgehead atoms. The summed E-state index contributed by atoms with van der Waals surface area (Å²) in [5.74, 6) is -4.62. The van der Waals surface area contributed by atoms with E-state index < -0.39 is 80.0 Å². The van der Waals surface area contributed by atoms with Gasteiger partial charge in [-0.25, -0.2) is 35.6 Å². The number of alkyl halides is 3. The van der Waals surface area contributed by atoms with Crippen molar-refractivity contribution in [3.8, 4) is 11.3 Å². The van der Waals surface area contributed by atoms with Crippen LogP contribution in [0.4, 0.5) is 32.9 Å². The molecule has 0 aliphatic heterocycles. The zero-order chi connectivity index (χ0) is 42.7. The molecular formula is C37H33Cl2F5N4O6S3. The maximum Gasteiger partial charge on any atom is 0.416 e. The van der Waals surface area contributed by atoms with E-state index in [1.807, 2.05) is 42.6 Å². The summed E-state index contributed by atoms with van der Waals surface area (Å²) >= 11 is 12.6. The molecule has 0 saturated heterocycles.